The van der Waals surface area contributed by atoms with Crippen LogP contribution in [-0.4, -0.2) is 36.1 Å². The minimum atomic E-state index is -0.749. The second-order valence-electron chi connectivity index (χ2n) is 6.24. The number of carbonyl (C=O) groups is 2. The summed E-state index contributed by atoms with van der Waals surface area (Å²) < 4.78 is 7.72. The van der Waals surface area contributed by atoms with Crippen molar-refractivity contribution in [2.75, 3.05) is 18.5 Å². The number of hydrogen-bond donors (Lipinski definition) is 1. The van der Waals surface area contributed by atoms with E-state index < -0.39 is 6.10 Å². The van der Waals surface area contributed by atoms with Gasteiger partial charge in [-0.1, -0.05) is 18.2 Å². The molecule has 0 radical (unpaired) electrons. The Morgan fingerprint density at radius 3 is 2.59 bits per heavy atom. The molecular formula is C21H19N3O3. The topological polar surface area (TPSA) is 63.6 Å². The van der Waals surface area contributed by atoms with E-state index in [1.54, 1.807) is 24.1 Å². The minimum absolute atomic E-state index is 0.156. The largest absolute Gasteiger partial charge is 0.477 e. The first kappa shape index (κ1) is 16.9. The van der Waals surface area contributed by atoms with Gasteiger partial charge in [0.15, 0.2) is 6.10 Å². The number of nitrogens with zero attached hydrogens (tertiary/aromatic N) is 2. The van der Waals surface area contributed by atoms with Gasteiger partial charge in [0.1, 0.15) is 5.75 Å². The molecule has 0 fully saturated rings. The van der Waals surface area contributed by atoms with Crippen LogP contribution in [0, 0.1) is 0 Å². The Bertz CT molecular complexity index is 982. The fourth-order valence-electron chi connectivity index (χ4n) is 3.19. The number of nitrogens with one attached hydrogen (secondary N) is 1. The zero-order valence-electron chi connectivity index (χ0n) is 14.8. The van der Waals surface area contributed by atoms with E-state index in [9.17, 15) is 9.59 Å². The average Bonchev–Trinajstić information content (AvgIpc) is 3.27. The van der Waals surface area contributed by atoms with Gasteiger partial charge >= 0.3 is 0 Å². The van der Waals surface area contributed by atoms with Crippen LogP contribution in [-0.2, 0) is 4.79 Å². The monoisotopic (exact) mass is 361 g/mol. The first-order valence-corrected chi connectivity index (χ1v) is 8.70. The predicted molar refractivity (Wildman–Crippen MR) is 102 cm³/mol. The van der Waals surface area contributed by atoms with E-state index in [4.69, 9.17) is 4.74 Å². The van der Waals surface area contributed by atoms with Gasteiger partial charge in [-0.25, -0.2) is 0 Å². The SMILES string of the molecule is CNC(=O)C1CN(C(=O)c2cccc(-n3cccc3)c2)c2ccccc2O1. The highest BCUT2D eigenvalue weighted by Gasteiger charge is 2.33. The molecule has 2 heterocycles. The number of anilines is 1. The summed E-state index contributed by atoms with van der Waals surface area (Å²) >= 11 is 0. The Hall–Kier alpha value is -3.54. The Kier molecular flexibility index (Phi) is 4.38. The Balaban J connectivity index is 1.70. The normalized spacial score (nSPS) is 15.6. The molecule has 1 unspecified atom stereocenters. The second-order valence-corrected chi connectivity index (χ2v) is 6.24. The van der Waals surface area contributed by atoms with Crippen molar-refractivity contribution in [2.45, 2.75) is 6.10 Å². The molecule has 1 atom stereocenters. The summed E-state index contributed by atoms with van der Waals surface area (Å²) in [5.41, 5.74) is 2.11. The van der Waals surface area contributed by atoms with Crippen molar-refractivity contribution in [1.82, 2.24) is 9.88 Å². The van der Waals surface area contributed by atoms with E-state index in [2.05, 4.69) is 5.32 Å². The van der Waals surface area contributed by atoms with Crippen molar-refractivity contribution in [3.05, 3.63) is 78.6 Å². The molecule has 0 bridgehead atoms. The van der Waals surface area contributed by atoms with E-state index in [0.29, 0.717) is 17.0 Å². The van der Waals surface area contributed by atoms with Crippen LogP contribution in [0.5, 0.6) is 5.75 Å². The summed E-state index contributed by atoms with van der Waals surface area (Å²) in [5.74, 6) is 0.0873. The van der Waals surface area contributed by atoms with Crippen LogP contribution < -0.4 is 15.0 Å². The minimum Gasteiger partial charge on any atom is -0.477 e. The molecule has 4 rings (SSSR count). The number of fused-ring (bicyclic) bond motifs is 1. The van der Waals surface area contributed by atoms with Crippen LogP contribution in [0.25, 0.3) is 5.69 Å². The van der Waals surface area contributed by atoms with E-state index in [-0.39, 0.29) is 18.4 Å². The number of carbonyl (C=O) groups excluding carboxylic acids is 2. The number of likely N-dealkylation sites (N-methyl/N-ethyl adjacent to an activating group) is 1. The molecule has 6 heteroatoms. The third-order valence-corrected chi connectivity index (χ3v) is 4.55. The second kappa shape index (κ2) is 6.99. The summed E-state index contributed by atoms with van der Waals surface area (Å²) in [4.78, 5) is 27.0. The number of amides is 2. The molecule has 27 heavy (non-hydrogen) atoms. The summed E-state index contributed by atoms with van der Waals surface area (Å²) in [6.07, 6.45) is 3.10. The van der Waals surface area contributed by atoms with Gasteiger partial charge in [-0.15, -0.1) is 0 Å². The van der Waals surface area contributed by atoms with Crippen LogP contribution in [0.4, 0.5) is 5.69 Å². The maximum Gasteiger partial charge on any atom is 0.262 e. The summed E-state index contributed by atoms with van der Waals surface area (Å²) in [6, 6.07) is 18.5. The molecule has 1 aliphatic rings. The molecule has 0 saturated carbocycles. The van der Waals surface area contributed by atoms with Crippen LogP contribution in [0.2, 0.25) is 0 Å². The van der Waals surface area contributed by atoms with E-state index in [0.717, 1.165) is 5.69 Å². The average molecular weight is 361 g/mol. The van der Waals surface area contributed by atoms with Crippen molar-refractivity contribution in [3.8, 4) is 11.4 Å². The zero-order chi connectivity index (χ0) is 18.8. The molecule has 3 aromatic rings. The van der Waals surface area contributed by atoms with Crippen LogP contribution in [0.3, 0.4) is 0 Å². The standard InChI is InChI=1S/C21H19N3O3/c1-22-20(25)19-14-24(17-9-2-3-10-18(17)27-19)21(26)15-7-6-8-16(13-15)23-11-4-5-12-23/h2-13,19H,14H2,1H3,(H,22,25). The summed E-state index contributed by atoms with van der Waals surface area (Å²) in [5, 5.41) is 2.59. The van der Waals surface area contributed by atoms with Crippen molar-refractivity contribution in [1.29, 1.82) is 0 Å². The molecule has 1 aliphatic heterocycles. The fourth-order valence-corrected chi connectivity index (χ4v) is 3.19. The van der Waals surface area contributed by atoms with E-state index in [1.165, 1.54) is 0 Å². The lowest BCUT2D eigenvalue weighted by atomic mass is 10.1. The van der Waals surface area contributed by atoms with Gasteiger partial charge in [0.05, 0.1) is 12.2 Å². The first-order valence-electron chi connectivity index (χ1n) is 8.70. The van der Waals surface area contributed by atoms with Gasteiger partial charge in [0.25, 0.3) is 11.8 Å². The van der Waals surface area contributed by atoms with E-state index >= 15 is 0 Å². The van der Waals surface area contributed by atoms with Gasteiger partial charge in [-0.3, -0.25) is 9.59 Å². The third-order valence-electron chi connectivity index (χ3n) is 4.55. The highest BCUT2D eigenvalue weighted by molar-refractivity contribution is 6.08. The van der Waals surface area contributed by atoms with Gasteiger partial charge in [0, 0.05) is 30.7 Å². The number of ether oxygens (including phenoxy) is 1. The number of aromatic nitrogens is 1. The lowest BCUT2D eigenvalue weighted by molar-refractivity contribution is -0.127. The van der Waals surface area contributed by atoms with Crippen molar-refractivity contribution in [3.63, 3.8) is 0 Å². The Morgan fingerprint density at radius 1 is 1.04 bits per heavy atom. The third kappa shape index (κ3) is 3.17. The van der Waals surface area contributed by atoms with Crippen LogP contribution >= 0.6 is 0 Å². The molecule has 1 N–H and O–H groups in total. The molecule has 136 valence electrons. The smallest absolute Gasteiger partial charge is 0.262 e. The quantitative estimate of drug-likeness (QED) is 0.780. The fraction of sp³-hybridized carbons (Fsp3) is 0.143. The summed E-state index contributed by atoms with van der Waals surface area (Å²) in [6.45, 7) is 0.156. The molecule has 6 nitrogen and oxygen atoms in total. The van der Waals surface area contributed by atoms with Crippen LogP contribution in [0.1, 0.15) is 10.4 Å². The van der Waals surface area contributed by atoms with Gasteiger partial charge < -0.3 is 19.5 Å². The molecule has 0 spiro atoms. The van der Waals surface area contributed by atoms with E-state index in [1.807, 2.05) is 65.5 Å². The number of benzene rings is 2. The van der Waals surface area contributed by atoms with Crippen LogP contribution in [0.15, 0.2) is 73.1 Å². The highest BCUT2D eigenvalue weighted by atomic mass is 16.5. The van der Waals surface area contributed by atoms with Gasteiger partial charge in [-0.05, 0) is 42.5 Å². The van der Waals surface area contributed by atoms with Crippen molar-refractivity contribution in [2.24, 2.45) is 0 Å². The first-order chi connectivity index (χ1) is 13.2. The number of rotatable bonds is 3. The Labute approximate surface area is 157 Å². The Morgan fingerprint density at radius 2 is 1.81 bits per heavy atom. The molecule has 1 aromatic heterocycles. The van der Waals surface area contributed by atoms with Gasteiger partial charge in [0.2, 0.25) is 0 Å². The maximum atomic E-state index is 13.3. The summed E-state index contributed by atoms with van der Waals surface area (Å²) in [7, 11) is 1.55. The number of para-hydroxylation sites is 2. The molecule has 2 amide bonds. The molecule has 0 aliphatic carbocycles. The molecule has 0 saturated heterocycles. The lowest BCUT2D eigenvalue weighted by Gasteiger charge is -2.34. The maximum absolute atomic E-state index is 13.3. The van der Waals surface area contributed by atoms with Crippen molar-refractivity contribution >= 4 is 17.5 Å². The zero-order valence-corrected chi connectivity index (χ0v) is 14.8. The van der Waals surface area contributed by atoms with Gasteiger partial charge in [-0.2, -0.15) is 0 Å². The highest BCUT2D eigenvalue weighted by Crippen LogP contribution is 2.34. The van der Waals surface area contributed by atoms with Crippen molar-refractivity contribution < 1.29 is 14.3 Å². The lowest BCUT2D eigenvalue weighted by Crippen LogP contribution is -2.50. The number of hydrogen-bond acceptors (Lipinski definition) is 3. The molecular weight excluding hydrogens is 342 g/mol. The predicted octanol–water partition coefficient (Wildman–Crippen LogP) is 2.63. The molecule has 2 aromatic carbocycles.